The van der Waals surface area contributed by atoms with E-state index in [1.165, 1.54) is 4.90 Å². The van der Waals surface area contributed by atoms with Crippen LogP contribution in [0.15, 0.2) is 54.6 Å². The highest BCUT2D eigenvalue weighted by Crippen LogP contribution is 2.14. The van der Waals surface area contributed by atoms with E-state index in [1.807, 2.05) is 25.1 Å². The third kappa shape index (κ3) is 9.03. The number of carbonyl (C=O) groups excluding carboxylic acids is 3. The van der Waals surface area contributed by atoms with Crippen LogP contribution >= 0.6 is 12.2 Å². The van der Waals surface area contributed by atoms with E-state index >= 15 is 0 Å². The first kappa shape index (κ1) is 27.9. The van der Waals surface area contributed by atoms with Gasteiger partial charge in [-0.05, 0) is 55.5 Å². The van der Waals surface area contributed by atoms with Crippen LogP contribution in [-0.4, -0.2) is 80.0 Å². The van der Waals surface area contributed by atoms with Crippen molar-refractivity contribution >= 4 is 35.1 Å². The van der Waals surface area contributed by atoms with Crippen LogP contribution in [0.25, 0.3) is 0 Å². The molecule has 0 saturated carbocycles. The second kappa shape index (κ2) is 14.8. The van der Waals surface area contributed by atoms with E-state index in [0.717, 1.165) is 0 Å². The van der Waals surface area contributed by atoms with Crippen molar-refractivity contribution in [2.24, 2.45) is 0 Å². The first-order valence-electron chi connectivity index (χ1n) is 12.0. The number of benzene rings is 2. The molecule has 1 heterocycles. The van der Waals surface area contributed by atoms with Crippen LogP contribution in [0.1, 0.15) is 23.7 Å². The average Bonchev–Trinajstić information content (AvgIpc) is 2.91. The number of rotatable bonds is 12. The Kier molecular flexibility index (Phi) is 11.1. The highest BCUT2D eigenvalue weighted by atomic mass is 32.1. The molecule has 0 spiro atoms. The maximum absolute atomic E-state index is 12.7. The Morgan fingerprint density at radius 2 is 1.68 bits per heavy atom. The van der Waals surface area contributed by atoms with Gasteiger partial charge in [-0.15, -0.1) is 0 Å². The van der Waals surface area contributed by atoms with E-state index in [0.29, 0.717) is 50.0 Å². The standard InChI is InChI=1S/C26H31N3O7S/c1-2-33-14-15-34-21-10-8-19(9-11-21)24(31)28-26(37)29-13-12-27-25(32)22(29)18-23(30)36-17-16-35-20-6-4-3-5-7-20/h3-11,22H,2,12-18H2,1H3,(H,27,32)(H,28,31,37). The zero-order valence-electron chi connectivity index (χ0n) is 20.6. The summed E-state index contributed by atoms with van der Waals surface area (Å²) in [5.41, 5.74) is 0.371. The van der Waals surface area contributed by atoms with E-state index < -0.39 is 17.9 Å². The first-order chi connectivity index (χ1) is 18.0. The zero-order valence-corrected chi connectivity index (χ0v) is 21.5. The van der Waals surface area contributed by atoms with Crippen LogP contribution in [0.2, 0.25) is 0 Å². The summed E-state index contributed by atoms with van der Waals surface area (Å²) in [6, 6.07) is 14.8. The first-order valence-corrected chi connectivity index (χ1v) is 12.4. The molecule has 11 heteroatoms. The molecule has 3 rings (SSSR count). The van der Waals surface area contributed by atoms with Gasteiger partial charge in [-0.2, -0.15) is 0 Å². The monoisotopic (exact) mass is 529 g/mol. The Bertz CT molecular complexity index is 1050. The minimum absolute atomic E-state index is 0.0363. The Balaban J connectivity index is 1.48. The predicted molar refractivity (Wildman–Crippen MR) is 140 cm³/mol. The van der Waals surface area contributed by atoms with Crippen LogP contribution in [0.5, 0.6) is 11.5 Å². The molecule has 1 saturated heterocycles. The lowest BCUT2D eigenvalue weighted by Crippen LogP contribution is -2.60. The highest BCUT2D eigenvalue weighted by Gasteiger charge is 2.34. The van der Waals surface area contributed by atoms with Crippen molar-refractivity contribution < 1.29 is 33.3 Å². The van der Waals surface area contributed by atoms with Crippen molar-refractivity contribution in [3.05, 3.63) is 60.2 Å². The van der Waals surface area contributed by atoms with Gasteiger partial charge in [0, 0.05) is 25.3 Å². The van der Waals surface area contributed by atoms with Crippen LogP contribution in [-0.2, 0) is 19.1 Å². The van der Waals surface area contributed by atoms with Gasteiger partial charge in [0.25, 0.3) is 5.91 Å². The molecule has 0 aromatic heterocycles. The number of para-hydroxylation sites is 1. The van der Waals surface area contributed by atoms with Gasteiger partial charge in [0.15, 0.2) is 5.11 Å². The van der Waals surface area contributed by atoms with Gasteiger partial charge >= 0.3 is 5.97 Å². The molecule has 1 unspecified atom stereocenters. The number of nitrogens with one attached hydrogen (secondary N) is 2. The van der Waals surface area contributed by atoms with Gasteiger partial charge < -0.3 is 29.2 Å². The number of nitrogens with zero attached hydrogens (tertiary/aromatic N) is 1. The summed E-state index contributed by atoms with van der Waals surface area (Å²) in [6.07, 6.45) is -0.221. The van der Waals surface area contributed by atoms with Crippen LogP contribution in [0, 0.1) is 0 Å². The largest absolute Gasteiger partial charge is 0.491 e. The summed E-state index contributed by atoms with van der Waals surface area (Å²) in [7, 11) is 0. The Morgan fingerprint density at radius 3 is 2.38 bits per heavy atom. The molecule has 2 amide bonds. The second-order valence-electron chi connectivity index (χ2n) is 7.92. The molecular weight excluding hydrogens is 498 g/mol. The SMILES string of the molecule is CCOCCOc1ccc(C(=O)NC(=S)N2CCNC(=O)C2CC(=O)OCCOc2ccccc2)cc1. The van der Waals surface area contributed by atoms with Crippen molar-refractivity contribution in [2.45, 2.75) is 19.4 Å². The Morgan fingerprint density at radius 1 is 1.00 bits per heavy atom. The minimum Gasteiger partial charge on any atom is -0.491 e. The molecule has 37 heavy (non-hydrogen) atoms. The summed E-state index contributed by atoms with van der Waals surface area (Å²) in [4.78, 5) is 39.1. The smallest absolute Gasteiger partial charge is 0.308 e. The second-order valence-corrected chi connectivity index (χ2v) is 8.30. The van der Waals surface area contributed by atoms with E-state index in [1.54, 1.807) is 36.4 Å². The number of hydrogen-bond acceptors (Lipinski definition) is 8. The number of carbonyl (C=O) groups is 3. The molecule has 1 atom stereocenters. The van der Waals surface area contributed by atoms with E-state index in [9.17, 15) is 14.4 Å². The van der Waals surface area contributed by atoms with E-state index in [4.69, 9.17) is 31.2 Å². The number of amides is 2. The summed E-state index contributed by atoms with van der Waals surface area (Å²) in [5, 5.41) is 5.42. The lowest BCUT2D eigenvalue weighted by molar-refractivity contribution is -0.148. The molecule has 2 N–H and O–H groups in total. The Hall–Kier alpha value is -3.70. The third-order valence-electron chi connectivity index (χ3n) is 5.35. The van der Waals surface area contributed by atoms with Crippen molar-refractivity contribution in [3.63, 3.8) is 0 Å². The molecule has 198 valence electrons. The third-order valence-corrected chi connectivity index (χ3v) is 5.68. The number of piperazine rings is 1. The topological polar surface area (TPSA) is 115 Å². The van der Waals surface area contributed by atoms with Crippen molar-refractivity contribution in [2.75, 3.05) is 46.1 Å². The average molecular weight is 530 g/mol. The van der Waals surface area contributed by atoms with Crippen molar-refractivity contribution in [3.8, 4) is 11.5 Å². The number of ether oxygens (including phenoxy) is 4. The normalized spacial score (nSPS) is 14.9. The highest BCUT2D eigenvalue weighted by molar-refractivity contribution is 7.80. The van der Waals surface area contributed by atoms with Crippen LogP contribution in [0.3, 0.4) is 0 Å². The molecule has 10 nitrogen and oxygen atoms in total. The minimum atomic E-state index is -0.898. The fourth-order valence-corrected chi connectivity index (χ4v) is 3.83. The van der Waals surface area contributed by atoms with Crippen molar-refractivity contribution in [1.82, 2.24) is 15.5 Å². The van der Waals surface area contributed by atoms with Gasteiger partial charge in [-0.25, -0.2) is 0 Å². The molecule has 1 aliphatic rings. The predicted octanol–water partition coefficient (Wildman–Crippen LogP) is 1.93. The molecule has 0 bridgehead atoms. The fraction of sp³-hybridized carbons (Fsp3) is 0.385. The summed E-state index contributed by atoms with van der Waals surface area (Å²) < 4.78 is 21.5. The fourth-order valence-electron chi connectivity index (χ4n) is 3.52. The van der Waals surface area contributed by atoms with Crippen LogP contribution in [0.4, 0.5) is 0 Å². The van der Waals surface area contributed by atoms with Crippen molar-refractivity contribution in [1.29, 1.82) is 0 Å². The summed E-state index contributed by atoms with van der Waals surface area (Å²) >= 11 is 5.40. The molecule has 1 aliphatic heterocycles. The summed E-state index contributed by atoms with van der Waals surface area (Å²) in [6.45, 7) is 4.30. The molecular formula is C26H31N3O7S. The summed E-state index contributed by atoms with van der Waals surface area (Å²) in [5.74, 6) is -0.0941. The molecule has 1 fully saturated rings. The lowest BCUT2D eigenvalue weighted by Gasteiger charge is -2.36. The molecule has 0 aliphatic carbocycles. The molecule has 0 radical (unpaired) electrons. The van der Waals surface area contributed by atoms with Gasteiger partial charge in [0.05, 0.1) is 13.0 Å². The number of hydrogen-bond donors (Lipinski definition) is 2. The zero-order chi connectivity index (χ0) is 26.5. The van der Waals surface area contributed by atoms with Crippen LogP contribution < -0.4 is 20.1 Å². The van der Waals surface area contributed by atoms with Gasteiger partial charge in [-0.1, -0.05) is 18.2 Å². The van der Waals surface area contributed by atoms with E-state index in [-0.39, 0.29) is 30.7 Å². The quantitative estimate of drug-likeness (QED) is 0.242. The number of thiocarbonyl (C=S) groups is 1. The lowest BCUT2D eigenvalue weighted by atomic mass is 10.1. The maximum Gasteiger partial charge on any atom is 0.308 e. The van der Waals surface area contributed by atoms with Gasteiger partial charge in [-0.3, -0.25) is 19.7 Å². The molecule has 2 aromatic carbocycles. The van der Waals surface area contributed by atoms with Gasteiger partial charge in [0.1, 0.15) is 37.4 Å². The Labute approximate surface area is 221 Å². The van der Waals surface area contributed by atoms with E-state index in [2.05, 4.69) is 10.6 Å². The number of esters is 1. The maximum atomic E-state index is 12.7. The van der Waals surface area contributed by atoms with Gasteiger partial charge in [0.2, 0.25) is 5.91 Å². The molecule has 2 aromatic rings.